The van der Waals surface area contributed by atoms with E-state index in [1.165, 1.54) is 0 Å². The number of thiazole rings is 1. The largest absolute Gasteiger partial charge is 0.495 e. The van der Waals surface area contributed by atoms with Gasteiger partial charge in [-0.25, -0.2) is 4.98 Å². The second kappa shape index (κ2) is 5.35. The van der Waals surface area contributed by atoms with Gasteiger partial charge in [-0.15, -0.1) is 11.3 Å². The molecule has 102 valence electrons. The van der Waals surface area contributed by atoms with Crippen molar-refractivity contribution in [2.75, 3.05) is 12.8 Å². The van der Waals surface area contributed by atoms with E-state index >= 15 is 0 Å². The second-order valence-electron chi connectivity index (χ2n) is 4.15. The molecule has 20 heavy (non-hydrogen) atoms. The molecule has 0 atom stereocenters. The molecule has 3 rings (SSSR count). The molecule has 0 fully saturated rings. The van der Waals surface area contributed by atoms with Crippen LogP contribution in [0.15, 0.2) is 39.3 Å². The number of para-hydroxylation sites is 1. The minimum Gasteiger partial charge on any atom is -0.495 e. The molecule has 2 N–H and O–H groups in total. The summed E-state index contributed by atoms with van der Waals surface area (Å²) in [4.78, 5) is 4.66. The van der Waals surface area contributed by atoms with Gasteiger partial charge in [0, 0.05) is 10.0 Å². The molecular formula is C14H10Br2N2OS. The summed E-state index contributed by atoms with van der Waals surface area (Å²) in [5.74, 6) is 0.633. The average molecular weight is 414 g/mol. The number of benzene rings is 2. The summed E-state index contributed by atoms with van der Waals surface area (Å²) in [5, 5.41) is 0.916. The minimum atomic E-state index is 0.574. The van der Waals surface area contributed by atoms with Crippen LogP contribution in [0.3, 0.4) is 0 Å². The molecule has 0 saturated carbocycles. The summed E-state index contributed by atoms with van der Waals surface area (Å²) in [5.41, 5.74) is 8.59. The highest BCUT2D eigenvalue weighted by Crippen LogP contribution is 2.45. The third kappa shape index (κ3) is 2.21. The maximum Gasteiger partial charge on any atom is 0.144 e. The van der Waals surface area contributed by atoms with Crippen LogP contribution in [-0.4, -0.2) is 12.1 Å². The van der Waals surface area contributed by atoms with Gasteiger partial charge in [0.05, 0.1) is 27.5 Å². The first-order valence-corrected chi connectivity index (χ1v) is 8.19. The first-order valence-electron chi connectivity index (χ1n) is 5.79. The molecule has 0 amide bonds. The molecule has 0 radical (unpaired) electrons. The van der Waals surface area contributed by atoms with Gasteiger partial charge in [-0.1, -0.05) is 12.1 Å². The van der Waals surface area contributed by atoms with Crippen LogP contribution in [0.1, 0.15) is 0 Å². The first-order chi connectivity index (χ1) is 9.61. The SMILES string of the molecule is COc1cc(Br)c(-c2nc3ccccc3s2)c(Br)c1N. The maximum atomic E-state index is 6.08. The third-order valence-corrected chi connectivity index (χ3v) is 5.45. The summed E-state index contributed by atoms with van der Waals surface area (Å²) < 4.78 is 8.10. The zero-order valence-corrected chi connectivity index (χ0v) is 14.5. The van der Waals surface area contributed by atoms with Gasteiger partial charge in [0.1, 0.15) is 10.8 Å². The lowest BCUT2D eigenvalue weighted by Crippen LogP contribution is -1.96. The Balaban J connectivity index is 2.26. The smallest absolute Gasteiger partial charge is 0.144 e. The molecular weight excluding hydrogens is 404 g/mol. The number of nitrogen functional groups attached to an aromatic ring is 1. The van der Waals surface area contributed by atoms with Crippen LogP contribution in [-0.2, 0) is 0 Å². The standard InChI is InChI=1S/C14H10Br2N2OS/c1-19-9-6-7(15)11(12(16)13(9)17)14-18-8-4-2-3-5-10(8)20-14/h2-6H,17H2,1H3. The highest BCUT2D eigenvalue weighted by Gasteiger charge is 2.18. The monoisotopic (exact) mass is 412 g/mol. The molecule has 1 aromatic heterocycles. The van der Waals surface area contributed by atoms with E-state index in [-0.39, 0.29) is 0 Å². The summed E-state index contributed by atoms with van der Waals surface area (Å²) in [6.45, 7) is 0. The van der Waals surface area contributed by atoms with Crippen molar-refractivity contribution in [2.45, 2.75) is 0 Å². The van der Waals surface area contributed by atoms with E-state index in [1.807, 2.05) is 24.3 Å². The number of rotatable bonds is 2. The minimum absolute atomic E-state index is 0.574. The molecule has 6 heteroatoms. The third-order valence-electron chi connectivity index (χ3n) is 2.95. The molecule has 3 aromatic rings. The second-order valence-corrected chi connectivity index (χ2v) is 6.83. The summed E-state index contributed by atoms with van der Waals surface area (Å²) in [6, 6.07) is 9.92. The van der Waals surface area contributed by atoms with Gasteiger partial charge in [0.25, 0.3) is 0 Å². The summed E-state index contributed by atoms with van der Waals surface area (Å²) in [6.07, 6.45) is 0. The summed E-state index contributed by atoms with van der Waals surface area (Å²) in [7, 11) is 1.60. The Kier molecular flexibility index (Phi) is 3.70. The quantitative estimate of drug-likeness (QED) is 0.596. The van der Waals surface area contributed by atoms with Gasteiger partial charge >= 0.3 is 0 Å². The number of halogens is 2. The van der Waals surface area contributed by atoms with Crippen LogP contribution in [0.25, 0.3) is 20.8 Å². The van der Waals surface area contributed by atoms with Crippen LogP contribution >= 0.6 is 43.2 Å². The van der Waals surface area contributed by atoms with Crippen molar-refractivity contribution in [2.24, 2.45) is 0 Å². The Morgan fingerprint density at radius 3 is 2.70 bits per heavy atom. The normalized spacial score (nSPS) is 10.9. The number of nitrogens with two attached hydrogens (primary N) is 1. The van der Waals surface area contributed by atoms with Crippen LogP contribution < -0.4 is 10.5 Å². The van der Waals surface area contributed by atoms with E-state index < -0.39 is 0 Å². The van der Waals surface area contributed by atoms with E-state index in [4.69, 9.17) is 10.5 Å². The lowest BCUT2D eigenvalue weighted by molar-refractivity contribution is 0.416. The van der Waals surface area contributed by atoms with E-state index in [9.17, 15) is 0 Å². The maximum absolute atomic E-state index is 6.08. The number of anilines is 1. The van der Waals surface area contributed by atoms with Gasteiger partial charge in [-0.2, -0.15) is 0 Å². The molecule has 0 aliphatic carbocycles. The van der Waals surface area contributed by atoms with Crippen LogP contribution in [0.2, 0.25) is 0 Å². The van der Waals surface area contributed by atoms with Crippen molar-refractivity contribution in [1.29, 1.82) is 0 Å². The number of hydrogen-bond acceptors (Lipinski definition) is 4. The Morgan fingerprint density at radius 1 is 1.25 bits per heavy atom. The van der Waals surface area contributed by atoms with E-state index in [2.05, 4.69) is 42.9 Å². The predicted molar refractivity (Wildman–Crippen MR) is 91.4 cm³/mol. The van der Waals surface area contributed by atoms with Crippen LogP contribution in [0.4, 0.5) is 5.69 Å². The molecule has 0 bridgehead atoms. The van der Waals surface area contributed by atoms with E-state index in [1.54, 1.807) is 18.4 Å². The Hall–Kier alpha value is -1.11. The van der Waals surface area contributed by atoms with Gasteiger partial charge in [0.15, 0.2) is 0 Å². The summed E-state index contributed by atoms with van der Waals surface area (Å²) >= 11 is 8.75. The fraction of sp³-hybridized carbons (Fsp3) is 0.0714. The topological polar surface area (TPSA) is 48.1 Å². The average Bonchev–Trinajstić information content (AvgIpc) is 2.86. The van der Waals surface area contributed by atoms with Crippen molar-refractivity contribution in [1.82, 2.24) is 4.98 Å². The van der Waals surface area contributed by atoms with Crippen LogP contribution in [0, 0.1) is 0 Å². The van der Waals surface area contributed by atoms with Crippen molar-refractivity contribution in [3.05, 3.63) is 39.3 Å². The molecule has 0 saturated heterocycles. The highest BCUT2D eigenvalue weighted by atomic mass is 79.9. The molecule has 2 aromatic carbocycles. The fourth-order valence-corrected chi connectivity index (χ4v) is 4.71. The van der Waals surface area contributed by atoms with Crippen molar-refractivity contribution in [3.63, 3.8) is 0 Å². The number of methoxy groups -OCH3 is 1. The molecule has 3 nitrogen and oxygen atoms in total. The molecule has 0 spiro atoms. The zero-order chi connectivity index (χ0) is 14.3. The lowest BCUT2D eigenvalue weighted by atomic mass is 10.2. The molecule has 0 aliphatic heterocycles. The van der Waals surface area contributed by atoms with Crippen LogP contribution in [0.5, 0.6) is 5.75 Å². The number of hydrogen-bond donors (Lipinski definition) is 1. The van der Waals surface area contributed by atoms with Crippen molar-refractivity contribution in [3.8, 4) is 16.3 Å². The fourth-order valence-electron chi connectivity index (χ4n) is 1.96. The lowest BCUT2D eigenvalue weighted by Gasteiger charge is -2.11. The number of aromatic nitrogens is 1. The van der Waals surface area contributed by atoms with Gasteiger partial charge in [-0.05, 0) is 50.1 Å². The molecule has 1 heterocycles. The predicted octanol–water partition coefficient (Wildman–Crippen LogP) is 5.08. The van der Waals surface area contributed by atoms with Crippen molar-refractivity contribution >= 4 is 59.1 Å². The Bertz CT molecular complexity index is 768. The number of ether oxygens (including phenoxy) is 1. The number of nitrogens with zero attached hydrogens (tertiary/aromatic N) is 1. The Labute approximate surface area is 137 Å². The van der Waals surface area contributed by atoms with Gasteiger partial charge in [-0.3, -0.25) is 0 Å². The molecule has 0 aliphatic rings. The van der Waals surface area contributed by atoms with E-state index in [0.717, 1.165) is 29.7 Å². The molecule has 0 unspecified atom stereocenters. The number of fused-ring (bicyclic) bond motifs is 1. The zero-order valence-electron chi connectivity index (χ0n) is 10.5. The first kappa shape index (κ1) is 13.9. The van der Waals surface area contributed by atoms with Gasteiger partial charge < -0.3 is 10.5 Å². The van der Waals surface area contributed by atoms with Gasteiger partial charge in [0.2, 0.25) is 0 Å². The van der Waals surface area contributed by atoms with E-state index in [0.29, 0.717) is 11.4 Å². The van der Waals surface area contributed by atoms with Crippen molar-refractivity contribution < 1.29 is 4.74 Å². The Morgan fingerprint density at radius 2 is 2.00 bits per heavy atom. The highest BCUT2D eigenvalue weighted by molar-refractivity contribution is 9.11.